The average molecular weight is 375 g/mol. The van der Waals surface area contributed by atoms with Gasteiger partial charge in [0.1, 0.15) is 5.75 Å². The second-order valence-corrected chi connectivity index (χ2v) is 6.75. The number of amides is 2. The molecule has 26 heavy (non-hydrogen) atoms. The number of piperidine rings is 1. The van der Waals surface area contributed by atoms with E-state index >= 15 is 0 Å². The van der Waals surface area contributed by atoms with Crippen molar-refractivity contribution in [2.75, 3.05) is 25.5 Å². The molecule has 138 valence electrons. The molecular weight excluding hydrogens is 352 g/mol. The topological polar surface area (TPSA) is 50.8 Å². The smallest absolute Gasteiger partial charge is 0.321 e. The number of ether oxygens (including phenoxy) is 2. The normalized spacial score (nSPS) is 17.0. The highest BCUT2D eigenvalue weighted by molar-refractivity contribution is 6.30. The van der Waals surface area contributed by atoms with E-state index in [0.717, 1.165) is 30.7 Å². The quantitative estimate of drug-likeness (QED) is 0.834. The third-order valence-electron chi connectivity index (χ3n) is 4.36. The number of carbonyl (C=O) groups is 1. The number of likely N-dealkylation sites (tertiary alicyclic amines) is 1. The predicted octanol–water partition coefficient (Wildman–Crippen LogP) is 4.56. The molecular formula is C20H23ClN2O3. The van der Waals surface area contributed by atoms with Crippen LogP contribution >= 0.6 is 11.6 Å². The lowest BCUT2D eigenvalue weighted by atomic mass is 10.1. The van der Waals surface area contributed by atoms with E-state index < -0.39 is 0 Å². The van der Waals surface area contributed by atoms with Gasteiger partial charge in [0.05, 0.1) is 19.8 Å². The molecule has 2 aromatic rings. The Hall–Kier alpha value is -2.24. The third-order valence-corrected chi connectivity index (χ3v) is 4.60. The van der Waals surface area contributed by atoms with Gasteiger partial charge < -0.3 is 19.7 Å². The van der Waals surface area contributed by atoms with Crippen LogP contribution in [0.2, 0.25) is 5.02 Å². The zero-order chi connectivity index (χ0) is 18.4. The van der Waals surface area contributed by atoms with Crippen LogP contribution in [-0.4, -0.2) is 37.2 Å². The van der Waals surface area contributed by atoms with Crippen molar-refractivity contribution in [2.45, 2.75) is 25.6 Å². The molecule has 1 aliphatic heterocycles. The van der Waals surface area contributed by atoms with Crippen molar-refractivity contribution < 1.29 is 14.3 Å². The number of benzene rings is 2. The van der Waals surface area contributed by atoms with E-state index in [1.165, 1.54) is 0 Å². The lowest BCUT2D eigenvalue weighted by molar-refractivity contribution is 0.000965. The van der Waals surface area contributed by atoms with E-state index in [0.29, 0.717) is 23.9 Å². The molecule has 6 heteroatoms. The summed E-state index contributed by atoms with van der Waals surface area (Å²) in [5.41, 5.74) is 1.76. The Bertz CT molecular complexity index is 753. The molecule has 1 heterocycles. The van der Waals surface area contributed by atoms with Gasteiger partial charge in [-0.25, -0.2) is 4.79 Å². The number of anilines is 1. The second-order valence-electron chi connectivity index (χ2n) is 6.31. The molecule has 0 saturated carbocycles. The van der Waals surface area contributed by atoms with Crippen molar-refractivity contribution in [3.8, 4) is 5.75 Å². The molecule has 1 saturated heterocycles. The van der Waals surface area contributed by atoms with Crippen LogP contribution in [0.25, 0.3) is 0 Å². The highest BCUT2D eigenvalue weighted by Gasteiger charge is 2.24. The largest absolute Gasteiger partial charge is 0.497 e. The minimum atomic E-state index is -0.123. The van der Waals surface area contributed by atoms with E-state index in [4.69, 9.17) is 21.1 Å². The molecule has 0 bridgehead atoms. The molecule has 0 spiro atoms. The van der Waals surface area contributed by atoms with Gasteiger partial charge >= 0.3 is 6.03 Å². The second kappa shape index (κ2) is 8.92. The fourth-order valence-corrected chi connectivity index (χ4v) is 3.19. The van der Waals surface area contributed by atoms with Crippen LogP contribution in [0.1, 0.15) is 18.4 Å². The van der Waals surface area contributed by atoms with E-state index in [9.17, 15) is 4.79 Å². The van der Waals surface area contributed by atoms with Crippen molar-refractivity contribution in [2.24, 2.45) is 0 Å². The Labute approximate surface area is 158 Å². The number of halogens is 1. The van der Waals surface area contributed by atoms with Crippen LogP contribution in [-0.2, 0) is 11.3 Å². The third kappa shape index (κ3) is 5.13. The minimum Gasteiger partial charge on any atom is -0.497 e. The van der Waals surface area contributed by atoms with Crippen LogP contribution in [0, 0.1) is 0 Å². The summed E-state index contributed by atoms with van der Waals surface area (Å²) in [5.74, 6) is 0.817. The lowest BCUT2D eigenvalue weighted by Gasteiger charge is -2.32. The highest BCUT2D eigenvalue weighted by Crippen LogP contribution is 2.20. The number of hydrogen-bond acceptors (Lipinski definition) is 3. The Morgan fingerprint density at radius 2 is 2.12 bits per heavy atom. The monoisotopic (exact) mass is 374 g/mol. The zero-order valence-corrected chi connectivity index (χ0v) is 15.5. The Balaban J connectivity index is 1.52. The van der Waals surface area contributed by atoms with Crippen molar-refractivity contribution in [1.82, 2.24) is 4.90 Å². The SMILES string of the molecule is COc1cccc(CO[C@@H]2CCCN(C(=O)Nc3cccc(Cl)c3)C2)c1. The summed E-state index contributed by atoms with van der Waals surface area (Å²) < 4.78 is 11.3. The lowest BCUT2D eigenvalue weighted by Crippen LogP contribution is -2.45. The first-order valence-electron chi connectivity index (χ1n) is 8.70. The molecule has 1 aliphatic rings. The number of urea groups is 1. The summed E-state index contributed by atoms with van der Waals surface area (Å²) in [5, 5.41) is 3.49. The summed E-state index contributed by atoms with van der Waals surface area (Å²) in [7, 11) is 1.65. The van der Waals surface area contributed by atoms with Gasteiger partial charge in [0.2, 0.25) is 0 Å². The van der Waals surface area contributed by atoms with E-state index in [1.54, 1.807) is 24.1 Å². The molecule has 5 nitrogen and oxygen atoms in total. The molecule has 2 aromatic carbocycles. The first-order chi connectivity index (χ1) is 12.6. The van der Waals surface area contributed by atoms with Gasteiger partial charge in [-0.2, -0.15) is 0 Å². The van der Waals surface area contributed by atoms with Gasteiger partial charge in [-0.05, 0) is 48.7 Å². The zero-order valence-electron chi connectivity index (χ0n) is 14.8. The summed E-state index contributed by atoms with van der Waals surface area (Å²) in [6, 6.07) is 14.9. The standard InChI is InChI=1S/C20H23ClN2O3/c1-25-18-8-2-5-15(11-18)14-26-19-9-4-10-23(13-19)20(24)22-17-7-3-6-16(21)12-17/h2-3,5-8,11-12,19H,4,9-10,13-14H2,1H3,(H,22,24)/t19-/m1/s1. The molecule has 2 amide bonds. The Morgan fingerprint density at radius 1 is 1.27 bits per heavy atom. The Kier molecular flexibility index (Phi) is 6.36. The summed E-state index contributed by atoms with van der Waals surface area (Å²) in [4.78, 5) is 14.3. The first-order valence-corrected chi connectivity index (χ1v) is 9.08. The molecule has 3 rings (SSSR count). The summed E-state index contributed by atoms with van der Waals surface area (Å²) >= 11 is 5.96. The molecule has 0 aromatic heterocycles. The first kappa shape index (κ1) is 18.5. The van der Waals surface area contributed by atoms with Gasteiger partial charge in [-0.15, -0.1) is 0 Å². The van der Waals surface area contributed by atoms with Crippen LogP contribution in [0.5, 0.6) is 5.75 Å². The van der Waals surface area contributed by atoms with Gasteiger partial charge in [0, 0.05) is 23.8 Å². The average Bonchev–Trinajstić information content (AvgIpc) is 2.67. The fraction of sp³-hybridized carbons (Fsp3) is 0.350. The van der Waals surface area contributed by atoms with Crippen LogP contribution in [0.15, 0.2) is 48.5 Å². The van der Waals surface area contributed by atoms with Crippen molar-refractivity contribution in [3.05, 3.63) is 59.1 Å². The maximum absolute atomic E-state index is 12.5. The van der Waals surface area contributed by atoms with Crippen molar-refractivity contribution in [3.63, 3.8) is 0 Å². The molecule has 1 fully saturated rings. The molecule has 0 aliphatic carbocycles. The van der Waals surface area contributed by atoms with Crippen LogP contribution < -0.4 is 10.1 Å². The van der Waals surface area contributed by atoms with Gasteiger partial charge in [0.25, 0.3) is 0 Å². The highest BCUT2D eigenvalue weighted by atomic mass is 35.5. The van der Waals surface area contributed by atoms with Crippen molar-refractivity contribution >= 4 is 23.3 Å². The number of hydrogen-bond donors (Lipinski definition) is 1. The summed E-state index contributed by atoms with van der Waals surface area (Å²) in [6.45, 7) is 1.81. The number of nitrogens with zero attached hydrogens (tertiary/aromatic N) is 1. The number of carbonyl (C=O) groups excluding carboxylic acids is 1. The maximum atomic E-state index is 12.5. The Morgan fingerprint density at radius 3 is 2.92 bits per heavy atom. The number of methoxy groups -OCH3 is 1. The van der Waals surface area contributed by atoms with E-state index in [1.807, 2.05) is 36.4 Å². The molecule has 0 radical (unpaired) electrons. The van der Waals surface area contributed by atoms with Crippen LogP contribution in [0.4, 0.5) is 10.5 Å². The van der Waals surface area contributed by atoms with Gasteiger partial charge in [-0.3, -0.25) is 0 Å². The van der Waals surface area contributed by atoms with Crippen molar-refractivity contribution in [1.29, 1.82) is 0 Å². The maximum Gasteiger partial charge on any atom is 0.321 e. The molecule has 1 atom stereocenters. The number of nitrogens with one attached hydrogen (secondary N) is 1. The minimum absolute atomic E-state index is 0.0278. The fourth-order valence-electron chi connectivity index (χ4n) is 3.00. The van der Waals surface area contributed by atoms with Gasteiger partial charge in [0.15, 0.2) is 0 Å². The molecule has 1 N–H and O–H groups in total. The molecule has 0 unspecified atom stereocenters. The summed E-state index contributed by atoms with van der Waals surface area (Å²) in [6.07, 6.45) is 1.90. The number of rotatable bonds is 5. The van der Waals surface area contributed by atoms with Crippen LogP contribution in [0.3, 0.4) is 0 Å². The van der Waals surface area contributed by atoms with Gasteiger partial charge in [-0.1, -0.05) is 29.8 Å². The predicted molar refractivity (Wildman–Crippen MR) is 103 cm³/mol. The van der Waals surface area contributed by atoms with E-state index in [2.05, 4.69) is 5.32 Å². The van der Waals surface area contributed by atoms with E-state index in [-0.39, 0.29) is 12.1 Å².